The minimum Gasteiger partial charge on any atom is -0.424 e. The lowest BCUT2D eigenvalue weighted by Gasteiger charge is -2.05. The summed E-state index contributed by atoms with van der Waals surface area (Å²) in [5.74, 6) is 2.44. The highest BCUT2D eigenvalue weighted by Crippen LogP contribution is 2.11. The van der Waals surface area contributed by atoms with Crippen LogP contribution in [0.5, 0.6) is 0 Å². The zero-order valence-electron chi connectivity index (χ0n) is 8.91. The fourth-order valence-corrected chi connectivity index (χ4v) is 1.50. The topological polar surface area (TPSA) is 51.0 Å². The van der Waals surface area contributed by atoms with Crippen molar-refractivity contribution in [3.63, 3.8) is 0 Å². The first-order chi connectivity index (χ1) is 6.77. The van der Waals surface area contributed by atoms with Gasteiger partial charge in [-0.1, -0.05) is 6.92 Å². The van der Waals surface area contributed by atoms with E-state index in [1.165, 1.54) is 0 Å². The van der Waals surface area contributed by atoms with Gasteiger partial charge >= 0.3 is 0 Å². The number of hydrogen-bond donors (Lipinski definition) is 1. The van der Waals surface area contributed by atoms with E-state index in [1.54, 1.807) is 11.8 Å². The van der Waals surface area contributed by atoms with E-state index in [4.69, 9.17) is 4.42 Å². The molecule has 0 bridgehead atoms. The molecule has 0 aliphatic carbocycles. The molecule has 0 amide bonds. The molecule has 0 aromatic carbocycles. The summed E-state index contributed by atoms with van der Waals surface area (Å²) in [6.45, 7) is 4.99. The maximum absolute atomic E-state index is 5.50. The maximum atomic E-state index is 5.50. The van der Waals surface area contributed by atoms with E-state index < -0.39 is 0 Å². The molecule has 5 heteroatoms. The van der Waals surface area contributed by atoms with Crippen LogP contribution in [-0.4, -0.2) is 28.8 Å². The third kappa shape index (κ3) is 3.31. The highest BCUT2D eigenvalue weighted by atomic mass is 32.2. The fraction of sp³-hybridized carbons (Fsp3) is 0.778. The van der Waals surface area contributed by atoms with Crippen LogP contribution in [0.2, 0.25) is 0 Å². The first-order valence-electron chi connectivity index (χ1n) is 4.82. The van der Waals surface area contributed by atoms with Crippen LogP contribution < -0.4 is 5.32 Å². The minimum absolute atomic E-state index is 0.149. The van der Waals surface area contributed by atoms with E-state index >= 15 is 0 Å². The standard InChI is InChI=1S/C9H17N3OS/c1-4-10-7(2)9-12-11-8(13-9)5-6-14-3/h7,10H,4-6H2,1-3H3. The van der Waals surface area contributed by atoms with Crippen LogP contribution in [0.15, 0.2) is 4.42 Å². The van der Waals surface area contributed by atoms with Crippen molar-refractivity contribution in [2.45, 2.75) is 26.3 Å². The fourth-order valence-electron chi connectivity index (χ4n) is 1.13. The van der Waals surface area contributed by atoms with E-state index in [9.17, 15) is 0 Å². The Bertz CT molecular complexity index is 264. The molecule has 1 N–H and O–H groups in total. The SMILES string of the molecule is CCNC(C)c1nnc(CCSC)o1. The highest BCUT2D eigenvalue weighted by Gasteiger charge is 2.11. The van der Waals surface area contributed by atoms with E-state index in [1.807, 2.05) is 6.92 Å². The van der Waals surface area contributed by atoms with Gasteiger partial charge in [0.2, 0.25) is 11.8 Å². The summed E-state index contributed by atoms with van der Waals surface area (Å²) < 4.78 is 5.50. The molecule has 0 saturated heterocycles. The van der Waals surface area contributed by atoms with Crippen molar-refractivity contribution in [2.24, 2.45) is 0 Å². The van der Waals surface area contributed by atoms with Crippen LogP contribution in [0.1, 0.15) is 31.7 Å². The van der Waals surface area contributed by atoms with Crippen molar-refractivity contribution in [1.29, 1.82) is 0 Å². The largest absolute Gasteiger partial charge is 0.424 e. The van der Waals surface area contributed by atoms with E-state index in [0.29, 0.717) is 5.89 Å². The van der Waals surface area contributed by atoms with Gasteiger partial charge in [0.1, 0.15) is 0 Å². The number of aryl methyl sites for hydroxylation is 1. The van der Waals surface area contributed by atoms with Gasteiger partial charge in [0, 0.05) is 12.2 Å². The molecule has 1 unspecified atom stereocenters. The molecular weight excluding hydrogens is 198 g/mol. The van der Waals surface area contributed by atoms with Gasteiger partial charge in [-0.3, -0.25) is 0 Å². The van der Waals surface area contributed by atoms with Crippen LogP contribution in [0, 0.1) is 0 Å². The van der Waals surface area contributed by atoms with Gasteiger partial charge in [-0.15, -0.1) is 10.2 Å². The van der Waals surface area contributed by atoms with Gasteiger partial charge in [0.05, 0.1) is 6.04 Å². The number of nitrogens with zero attached hydrogens (tertiary/aromatic N) is 2. The zero-order chi connectivity index (χ0) is 10.4. The molecule has 0 spiro atoms. The number of hydrogen-bond acceptors (Lipinski definition) is 5. The van der Waals surface area contributed by atoms with Gasteiger partial charge in [-0.25, -0.2) is 0 Å². The summed E-state index contributed by atoms with van der Waals surface area (Å²) in [4.78, 5) is 0. The first-order valence-corrected chi connectivity index (χ1v) is 6.22. The van der Waals surface area contributed by atoms with E-state index in [2.05, 4.69) is 28.7 Å². The number of rotatable bonds is 6. The van der Waals surface area contributed by atoms with Crippen LogP contribution in [0.3, 0.4) is 0 Å². The van der Waals surface area contributed by atoms with Gasteiger partial charge in [-0.05, 0) is 19.7 Å². The molecule has 1 heterocycles. The molecule has 1 rings (SSSR count). The summed E-state index contributed by atoms with van der Waals surface area (Å²) >= 11 is 1.78. The lowest BCUT2D eigenvalue weighted by atomic mass is 10.3. The first kappa shape index (κ1) is 11.5. The van der Waals surface area contributed by atoms with Crippen molar-refractivity contribution in [2.75, 3.05) is 18.6 Å². The van der Waals surface area contributed by atoms with Crippen LogP contribution >= 0.6 is 11.8 Å². The monoisotopic (exact) mass is 215 g/mol. The maximum Gasteiger partial charge on any atom is 0.233 e. The molecule has 1 aromatic rings. The summed E-state index contributed by atoms with van der Waals surface area (Å²) in [5, 5.41) is 11.2. The molecule has 14 heavy (non-hydrogen) atoms. The lowest BCUT2D eigenvalue weighted by Crippen LogP contribution is -2.17. The Labute approximate surface area is 88.9 Å². The summed E-state index contributed by atoms with van der Waals surface area (Å²) in [6, 6.07) is 0.149. The number of nitrogens with one attached hydrogen (secondary N) is 1. The predicted molar refractivity (Wildman–Crippen MR) is 58.5 cm³/mol. The Morgan fingerprint density at radius 2 is 2.29 bits per heavy atom. The quantitative estimate of drug-likeness (QED) is 0.782. The van der Waals surface area contributed by atoms with Crippen LogP contribution in [0.4, 0.5) is 0 Å². The van der Waals surface area contributed by atoms with Gasteiger partial charge in [-0.2, -0.15) is 11.8 Å². The molecule has 0 aliphatic heterocycles. The van der Waals surface area contributed by atoms with Gasteiger partial charge in [0.15, 0.2) is 0 Å². The third-order valence-corrected chi connectivity index (χ3v) is 2.50. The predicted octanol–water partition coefficient (Wildman–Crippen LogP) is 1.65. The second-order valence-corrected chi connectivity index (χ2v) is 4.04. The molecule has 0 radical (unpaired) electrons. The van der Waals surface area contributed by atoms with Gasteiger partial charge < -0.3 is 9.73 Å². The number of aromatic nitrogens is 2. The van der Waals surface area contributed by atoms with Crippen LogP contribution in [-0.2, 0) is 6.42 Å². The summed E-state index contributed by atoms with van der Waals surface area (Å²) in [6.07, 6.45) is 2.92. The molecular formula is C9H17N3OS. The molecule has 1 aromatic heterocycles. The minimum atomic E-state index is 0.149. The molecule has 0 fully saturated rings. The van der Waals surface area contributed by atoms with Crippen molar-refractivity contribution < 1.29 is 4.42 Å². The Kier molecular flexibility index (Phi) is 4.97. The Morgan fingerprint density at radius 1 is 1.50 bits per heavy atom. The lowest BCUT2D eigenvalue weighted by molar-refractivity contribution is 0.400. The third-order valence-electron chi connectivity index (χ3n) is 1.88. The Hall–Kier alpha value is -0.550. The van der Waals surface area contributed by atoms with E-state index in [-0.39, 0.29) is 6.04 Å². The van der Waals surface area contributed by atoms with Crippen molar-refractivity contribution >= 4 is 11.8 Å². The molecule has 4 nitrogen and oxygen atoms in total. The molecule has 80 valence electrons. The summed E-state index contributed by atoms with van der Waals surface area (Å²) in [5.41, 5.74) is 0. The van der Waals surface area contributed by atoms with Crippen LogP contribution in [0.25, 0.3) is 0 Å². The average molecular weight is 215 g/mol. The smallest absolute Gasteiger partial charge is 0.233 e. The summed E-state index contributed by atoms with van der Waals surface area (Å²) in [7, 11) is 0. The molecule has 1 atom stereocenters. The molecule has 0 saturated carbocycles. The zero-order valence-corrected chi connectivity index (χ0v) is 9.73. The molecule has 0 aliphatic rings. The number of thioether (sulfide) groups is 1. The van der Waals surface area contributed by atoms with Crippen molar-refractivity contribution in [3.05, 3.63) is 11.8 Å². The normalized spacial score (nSPS) is 13.1. The Balaban J connectivity index is 2.49. The van der Waals surface area contributed by atoms with Crippen molar-refractivity contribution in [1.82, 2.24) is 15.5 Å². The second-order valence-electron chi connectivity index (χ2n) is 3.06. The van der Waals surface area contributed by atoms with E-state index in [0.717, 1.165) is 24.6 Å². The Morgan fingerprint density at radius 3 is 2.93 bits per heavy atom. The van der Waals surface area contributed by atoms with Gasteiger partial charge in [0.25, 0.3) is 0 Å². The van der Waals surface area contributed by atoms with Crippen molar-refractivity contribution in [3.8, 4) is 0 Å². The second kappa shape index (κ2) is 6.03. The highest BCUT2D eigenvalue weighted by molar-refractivity contribution is 7.98. The average Bonchev–Trinajstić information content (AvgIpc) is 2.63.